The van der Waals surface area contributed by atoms with Crippen molar-refractivity contribution in [3.8, 4) is 0 Å². The normalized spacial score (nSPS) is 11.8. The van der Waals surface area contributed by atoms with Gasteiger partial charge in [-0.2, -0.15) is 0 Å². The van der Waals surface area contributed by atoms with Gasteiger partial charge in [0.25, 0.3) is 10.0 Å². The third-order valence-electron chi connectivity index (χ3n) is 3.44. The minimum atomic E-state index is -3.82. The molecule has 0 aliphatic rings. The summed E-state index contributed by atoms with van der Waals surface area (Å²) in [6, 6.07) is 8.34. The van der Waals surface area contributed by atoms with E-state index in [4.69, 9.17) is 16.3 Å². The molecule has 0 aliphatic carbocycles. The van der Waals surface area contributed by atoms with E-state index >= 15 is 0 Å². The average molecular weight is 434 g/mol. The molecule has 130 valence electrons. The first-order chi connectivity index (χ1) is 11.3. The molecular weight excluding hydrogens is 416 g/mol. The lowest BCUT2D eigenvalue weighted by Gasteiger charge is -2.24. The maximum atomic E-state index is 13.0. The molecule has 1 aromatic heterocycles. The van der Waals surface area contributed by atoms with Crippen LogP contribution < -0.4 is 4.31 Å². The molecule has 0 N–H and O–H groups in total. The Morgan fingerprint density at radius 2 is 1.92 bits per heavy atom. The summed E-state index contributed by atoms with van der Waals surface area (Å²) in [4.78, 5) is 4.23. The van der Waals surface area contributed by atoms with Crippen molar-refractivity contribution >= 4 is 43.2 Å². The summed E-state index contributed by atoms with van der Waals surface area (Å²) >= 11 is 9.23. The molecular formula is C16H18BrClN2O3S. The number of aromatic nitrogens is 1. The fourth-order valence-electron chi connectivity index (χ4n) is 2.12. The quantitative estimate of drug-likeness (QED) is 0.500. The van der Waals surface area contributed by atoms with Crippen LogP contribution in [0, 0.1) is 0 Å². The van der Waals surface area contributed by atoms with Gasteiger partial charge in [-0.1, -0.05) is 37.6 Å². The van der Waals surface area contributed by atoms with Crippen LogP contribution in [0.3, 0.4) is 0 Å². The molecule has 1 heterocycles. The van der Waals surface area contributed by atoms with Crippen LogP contribution in [-0.2, 0) is 14.8 Å². The lowest BCUT2D eigenvalue weighted by atomic mass is 10.0. The van der Waals surface area contributed by atoms with Crippen molar-refractivity contribution in [1.29, 1.82) is 0 Å². The largest absolute Gasteiger partial charge is 0.363 e. The van der Waals surface area contributed by atoms with Gasteiger partial charge in [0.1, 0.15) is 11.3 Å². The topological polar surface area (TPSA) is 59.5 Å². The zero-order valence-electron chi connectivity index (χ0n) is 13.5. The van der Waals surface area contributed by atoms with Gasteiger partial charge in [0.2, 0.25) is 0 Å². The number of hydrogen-bond donors (Lipinski definition) is 0. The summed E-state index contributed by atoms with van der Waals surface area (Å²) in [5.74, 6) is 0.322. The second-order valence-corrected chi connectivity index (χ2v) is 8.51. The van der Waals surface area contributed by atoms with Crippen LogP contribution in [0.4, 0.5) is 5.69 Å². The molecule has 0 unspecified atom stereocenters. The number of ether oxygens (including phenoxy) is 1. The molecule has 0 saturated heterocycles. The smallest absolute Gasteiger partial charge is 0.266 e. The summed E-state index contributed by atoms with van der Waals surface area (Å²) in [6.45, 7) is 3.94. The lowest BCUT2D eigenvalue weighted by molar-refractivity contribution is 0.209. The lowest BCUT2D eigenvalue weighted by Crippen LogP contribution is -2.33. The fourth-order valence-corrected chi connectivity index (χ4v) is 4.20. The van der Waals surface area contributed by atoms with E-state index in [2.05, 4.69) is 34.8 Å². The summed E-state index contributed by atoms with van der Waals surface area (Å²) in [6.07, 6.45) is 1.43. The summed E-state index contributed by atoms with van der Waals surface area (Å²) in [7, 11) is -2.39. The summed E-state index contributed by atoms with van der Waals surface area (Å²) in [5.41, 5.74) is 1.38. The first kappa shape index (κ1) is 19.2. The van der Waals surface area contributed by atoms with Crippen molar-refractivity contribution in [3.05, 3.63) is 51.7 Å². The number of halogens is 2. The highest BCUT2D eigenvalue weighted by Crippen LogP contribution is 2.31. The van der Waals surface area contributed by atoms with Crippen LogP contribution in [0.5, 0.6) is 0 Å². The van der Waals surface area contributed by atoms with E-state index in [0.717, 1.165) is 9.87 Å². The number of anilines is 1. The fraction of sp³-hybridized carbons (Fsp3) is 0.312. The molecule has 0 amide bonds. The van der Waals surface area contributed by atoms with Gasteiger partial charge in [-0.15, -0.1) is 0 Å². The Bertz CT molecular complexity index is 811. The van der Waals surface area contributed by atoms with E-state index < -0.39 is 10.0 Å². The number of rotatable bonds is 6. The SMILES string of the molecule is COCN(c1cc(Cl)cnc1Br)S(=O)(=O)c1ccc(C(C)C)cc1. The van der Waals surface area contributed by atoms with E-state index in [9.17, 15) is 8.42 Å². The number of nitrogens with zero attached hydrogens (tertiary/aromatic N) is 2. The standard InChI is InChI=1S/C16H18BrClN2O3S/c1-11(2)12-4-6-14(7-5-12)24(21,22)20(10-23-3)15-8-13(18)9-19-16(15)17/h4-9,11H,10H2,1-3H3. The molecule has 0 atom stereocenters. The highest BCUT2D eigenvalue weighted by Gasteiger charge is 2.27. The van der Waals surface area contributed by atoms with E-state index in [1.54, 1.807) is 12.1 Å². The Hall–Kier alpha value is -1.15. The predicted molar refractivity (Wildman–Crippen MR) is 99.0 cm³/mol. The molecule has 8 heteroatoms. The van der Waals surface area contributed by atoms with E-state index in [0.29, 0.717) is 21.2 Å². The molecule has 0 aliphatic heterocycles. The van der Waals surface area contributed by atoms with Gasteiger partial charge in [-0.25, -0.2) is 17.7 Å². The summed E-state index contributed by atoms with van der Waals surface area (Å²) < 4.78 is 32.6. The Kier molecular flexibility index (Phi) is 6.25. The van der Waals surface area contributed by atoms with Crippen molar-refractivity contribution in [2.45, 2.75) is 24.7 Å². The van der Waals surface area contributed by atoms with Crippen LogP contribution in [0.15, 0.2) is 46.0 Å². The van der Waals surface area contributed by atoms with Gasteiger partial charge >= 0.3 is 0 Å². The van der Waals surface area contributed by atoms with E-state index in [1.165, 1.54) is 19.4 Å². The molecule has 0 spiro atoms. The van der Waals surface area contributed by atoms with Crippen molar-refractivity contribution in [2.75, 3.05) is 18.1 Å². The van der Waals surface area contributed by atoms with Crippen LogP contribution in [0.2, 0.25) is 5.02 Å². The first-order valence-corrected chi connectivity index (χ1v) is 9.81. The third kappa shape index (κ3) is 4.08. The average Bonchev–Trinajstić information content (AvgIpc) is 2.55. The van der Waals surface area contributed by atoms with Crippen LogP contribution in [-0.4, -0.2) is 27.2 Å². The minimum absolute atomic E-state index is 0.158. The Morgan fingerprint density at radius 1 is 1.29 bits per heavy atom. The molecule has 0 radical (unpaired) electrons. The molecule has 2 rings (SSSR count). The number of hydrogen-bond acceptors (Lipinski definition) is 4. The van der Waals surface area contributed by atoms with Crippen molar-refractivity contribution in [1.82, 2.24) is 4.98 Å². The van der Waals surface area contributed by atoms with Crippen molar-refractivity contribution in [3.63, 3.8) is 0 Å². The highest BCUT2D eigenvalue weighted by atomic mass is 79.9. The van der Waals surface area contributed by atoms with Crippen molar-refractivity contribution in [2.24, 2.45) is 0 Å². The first-order valence-electron chi connectivity index (χ1n) is 7.20. The molecule has 5 nitrogen and oxygen atoms in total. The second-order valence-electron chi connectivity index (χ2n) is 5.46. The Balaban J connectivity index is 2.51. The van der Waals surface area contributed by atoms with E-state index in [1.807, 2.05) is 12.1 Å². The van der Waals surface area contributed by atoms with E-state index in [-0.39, 0.29) is 11.6 Å². The molecule has 0 bridgehead atoms. The number of pyridine rings is 1. The second kappa shape index (κ2) is 7.82. The summed E-state index contributed by atoms with van der Waals surface area (Å²) in [5, 5.41) is 0.333. The Labute approximate surface area is 155 Å². The minimum Gasteiger partial charge on any atom is -0.363 e. The maximum absolute atomic E-state index is 13.0. The van der Waals surface area contributed by atoms with Crippen molar-refractivity contribution < 1.29 is 13.2 Å². The molecule has 0 saturated carbocycles. The van der Waals surface area contributed by atoms with Crippen LogP contribution >= 0.6 is 27.5 Å². The molecule has 24 heavy (non-hydrogen) atoms. The molecule has 1 aromatic carbocycles. The Morgan fingerprint density at radius 3 is 2.46 bits per heavy atom. The predicted octanol–water partition coefficient (Wildman–Crippen LogP) is 4.42. The van der Waals surface area contributed by atoms with Gasteiger partial charge in [-0.05, 0) is 45.6 Å². The zero-order chi connectivity index (χ0) is 17.9. The van der Waals surface area contributed by atoms with Gasteiger partial charge in [0.15, 0.2) is 0 Å². The van der Waals surface area contributed by atoms with Gasteiger partial charge in [0.05, 0.1) is 15.6 Å². The number of methoxy groups -OCH3 is 1. The van der Waals surface area contributed by atoms with Gasteiger partial charge < -0.3 is 4.74 Å². The van der Waals surface area contributed by atoms with Crippen LogP contribution in [0.1, 0.15) is 25.3 Å². The van der Waals surface area contributed by atoms with Gasteiger partial charge in [-0.3, -0.25) is 0 Å². The van der Waals surface area contributed by atoms with Crippen LogP contribution in [0.25, 0.3) is 0 Å². The number of sulfonamides is 1. The third-order valence-corrected chi connectivity index (χ3v) is 6.00. The maximum Gasteiger partial charge on any atom is 0.266 e. The molecule has 2 aromatic rings. The highest BCUT2D eigenvalue weighted by molar-refractivity contribution is 9.10. The van der Waals surface area contributed by atoms with Gasteiger partial charge in [0, 0.05) is 13.3 Å². The monoisotopic (exact) mass is 432 g/mol. The molecule has 0 fully saturated rings. The zero-order valence-corrected chi connectivity index (χ0v) is 16.7. The number of benzene rings is 1.